The summed E-state index contributed by atoms with van der Waals surface area (Å²) in [6, 6.07) is 6.12. The van der Waals surface area contributed by atoms with E-state index in [4.69, 9.17) is 0 Å². The topological polar surface area (TPSA) is 20.3 Å². The Labute approximate surface area is 105 Å². The molecule has 0 unspecified atom stereocenters. The number of nitrogens with zero attached hydrogens (tertiary/aromatic N) is 1. The third-order valence-corrected chi connectivity index (χ3v) is 4.31. The van der Waals surface area contributed by atoms with E-state index < -0.39 is 0 Å². The van der Waals surface area contributed by atoms with Crippen LogP contribution in [-0.4, -0.2) is 13.1 Å². The Kier molecular flexibility index (Phi) is 2.63. The van der Waals surface area contributed by atoms with E-state index in [9.17, 15) is 4.79 Å². The number of rotatable bonds is 1. The summed E-state index contributed by atoms with van der Waals surface area (Å²) in [5, 5.41) is 2.89. The minimum absolute atomic E-state index is 0.198. The van der Waals surface area contributed by atoms with Crippen LogP contribution >= 0.6 is 11.3 Å². The van der Waals surface area contributed by atoms with Crippen molar-refractivity contribution in [1.82, 2.24) is 0 Å². The Morgan fingerprint density at radius 3 is 2.76 bits per heavy atom. The second-order valence-electron chi connectivity index (χ2n) is 4.64. The van der Waals surface area contributed by atoms with E-state index in [1.807, 2.05) is 24.4 Å². The molecule has 0 spiro atoms. The van der Waals surface area contributed by atoms with E-state index in [0.29, 0.717) is 0 Å². The molecule has 1 fully saturated rings. The van der Waals surface area contributed by atoms with Gasteiger partial charge in [0.25, 0.3) is 0 Å². The lowest BCUT2D eigenvalue weighted by Gasteiger charge is -2.16. The van der Waals surface area contributed by atoms with E-state index in [2.05, 4.69) is 11.0 Å². The lowest BCUT2D eigenvalue weighted by atomic mass is 10.1. The van der Waals surface area contributed by atoms with Crippen molar-refractivity contribution >= 4 is 27.1 Å². The zero-order chi connectivity index (χ0) is 11.8. The van der Waals surface area contributed by atoms with Crippen LogP contribution in [0.3, 0.4) is 0 Å². The average Bonchev–Trinajstić information content (AvgIpc) is 2.84. The predicted octanol–water partition coefficient (Wildman–Crippen LogP) is 3.17. The van der Waals surface area contributed by atoms with E-state index >= 15 is 0 Å². The summed E-state index contributed by atoms with van der Waals surface area (Å²) < 4.78 is 1.09. The maximum absolute atomic E-state index is 12.4. The number of fused-ring (bicyclic) bond motifs is 1. The van der Waals surface area contributed by atoms with Crippen molar-refractivity contribution in [2.24, 2.45) is 0 Å². The lowest BCUT2D eigenvalue weighted by Crippen LogP contribution is -2.24. The molecule has 1 aliphatic rings. The van der Waals surface area contributed by atoms with Crippen molar-refractivity contribution in [2.45, 2.75) is 19.8 Å². The highest BCUT2D eigenvalue weighted by molar-refractivity contribution is 7.16. The first-order valence-electron chi connectivity index (χ1n) is 6.03. The molecule has 17 heavy (non-hydrogen) atoms. The van der Waals surface area contributed by atoms with Crippen LogP contribution in [0.4, 0.5) is 5.69 Å². The highest BCUT2D eigenvalue weighted by Gasteiger charge is 2.16. The van der Waals surface area contributed by atoms with Gasteiger partial charge in [0.2, 0.25) is 5.43 Å². The molecule has 0 amide bonds. The van der Waals surface area contributed by atoms with Gasteiger partial charge < -0.3 is 4.90 Å². The minimum Gasteiger partial charge on any atom is -0.368 e. The molecule has 3 heteroatoms. The van der Waals surface area contributed by atoms with E-state index in [1.165, 1.54) is 12.8 Å². The third kappa shape index (κ3) is 1.84. The quantitative estimate of drug-likeness (QED) is 0.769. The molecule has 0 radical (unpaired) electrons. The van der Waals surface area contributed by atoms with Crippen molar-refractivity contribution in [2.75, 3.05) is 18.0 Å². The summed E-state index contributed by atoms with van der Waals surface area (Å²) in [5.41, 5.74) is 2.25. The molecular weight excluding hydrogens is 230 g/mol. The van der Waals surface area contributed by atoms with Crippen LogP contribution in [0.25, 0.3) is 10.1 Å². The van der Waals surface area contributed by atoms with Gasteiger partial charge >= 0.3 is 0 Å². The molecule has 1 saturated heterocycles. The highest BCUT2D eigenvalue weighted by atomic mass is 32.1. The van der Waals surface area contributed by atoms with Crippen LogP contribution in [-0.2, 0) is 0 Å². The molecule has 2 aromatic rings. The van der Waals surface area contributed by atoms with E-state index in [0.717, 1.165) is 34.4 Å². The molecule has 3 rings (SSSR count). The molecule has 2 nitrogen and oxygen atoms in total. The zero-order valence-electron chi connectivity index (χ0n) is 9.90. The molecule has 1 aromatic heterocycles. The van der Waals surface area contributed by atoms with Crippen LogP contribution in [0.1, 0.15) is 18.4 Å². The van der Waals surface area contributed by atoms with Gasteiger partial charge in [-0.1, -0.05) is 11.6 Å². The van der Waals surface area contributed by atoms with Gasteiger partial charge in [0.1, 0.15) is 0 Å². The van der Waals surface area contributed by atoms with Crippen molar-refractivity contribution in [3.63, 3.8) is 0 Å². The van der Waals surface area contributed by atoms with Crippen molar-refractivity contribution in [3.8, 4) is 0 Å². The maximum Gasteiger partial charge on any atom is 0.211 e. The van der Waals surface area contributed by atoms with Crippen molar-refractivity contribution < 1.29 is 0 Å². The molecule has 0 bridgehead atoms. The molecule has 1 aromatic carbocycles. The summed E-state index contributed by atoms with van der Waals surface area (Å²) >= 11 is 1.67. The Balaban J connectivity index is 2.21. The first kappa shape index (κ1) is 10.8. The van der Waals surface area contributed by atoms with E-state index in [-0.39, 0.29) is 5.43 Å². The second kappa shape index (κ2) is 4.15. The summed E-state index contributed by atoms with van der Waals surface area (Å²) in [6.07, 6.45) is 2.41. The van der Waals surface area contributed by atoms with Crippen LogP contribution in [0, 0.1) is 6.92 Å². The third-order valence-electron chi connectivity index (χ3n) is 3.36. The molecule has 0 saturated carbocycles. The molecule has 88 valence electrons. The molecule has 0 atom stereocenters. The summed E-state index contributed by atoms with van der Waals surface area (Å²) in [7, 11) is 0. The van der Waals surface area contributed by atoms with Crippen LogP contribution < -0.4 is 10.3 Å². The van der Waals surface area contributed by atoms with Gasteiger partial charge in [0, 0.05) is 28.6 Å². The van der Waals surface area contributed by atoms with Gasteiger partial charge in [0.05, 0.1) is 5.69 Å². The van der Waals surface area contributed by atoms with Gasteiger partial charge in [0.15, 0.2) is 0 Å². The number of benzene rings is 1. The predicted molar refractivity (Wildman–Crippen MR) is 74.3 cm³/mol. The van der Waals surface area contributed by atoms with Crippen LogP contribution in [0.5, 0.6) is 0 Å². The zero-order valence-corrected chi connectivity index (χ0v) is 10.7. The van der Waals surface area contributed by atoms with Gasteiger partial charge in [-0.15, -0.1) is 11.3 Å². The fourth-order valence-electron chi connectivity index (χ4n) is 2.41. The van der Waals surface area contributed by atoms with Gasteiger partial charge in [-0.25, -0.2) is 0 Å². The van der Waals surface area contributed by atoms with Crippen molar-refractivity contribution in [3.05, 3.63) is 39.4 Å². The molecule has 1 aliphatic heterocycles. The lowest BCUT2D eigenvalue weighted by molar-refractivity contribution is 0.949. The Morgan fingerprint density at radius 1 is 1.24 bits per heavy atom. The average molecular weight is 245 g/mol. The Hall–Kier alpha value is -1.35. The van der Waals surface area contributed by atoms with Crippen LogP contribution in [0.15, 0.2) is 28.4 Å². The highest BCUT2D eigenvalue weighted by Crippen LogP contribution is 2.24. The number of hydrogen-bond donors (Lipinski definition) is 0. The fourth-order valence-corrected chi connectivity index (χ4v) is 3.33. The smallest absolute Gasteiger partial charge is 0.211 e. The van der Waals surface area contributed by atoms with Crippen molar-refractivity contribution in [1.29, 1.82) is 0 Å². The summed E-state index contributed by atoms with van der Waals surface area (Å²) in [5.74, 6) is 0. The number of aryl methyl sites for hydroxylation is 1. The number of hydrogen-bond acceptors (Lipinski definition) is 3. The second-order valence-corrected chi connectivity index (χ2v) is 5.56. The fraction of sp³-hybridized carbons (Fsp3) is 0.357. The first-order valence-corrected chi connectivity index (χ1v) is 6.91. The molecule has 2 heterocycles. The van der Waals surface area contributed by atoms with Gasteiger partial charge in [-0.2, -0.15) is 0 Å². The monoisotopic (exact) mass is 245 g/mol. The maximum atomic E-state index is 12.4. The normalized spacial score (nSPS) is 15.7. The van der Waals surface area contributed by atoms with E-state index in [1.54, 1.807) is 11.3 Å². The molecular formula is C14H15NOS. The summed E-state index contributed by atoms with van der Waals surface area (Å²) in [6.45, 7) is 4.09. The number of anilines is 1. The molecule has 0 N–H and O–H groups in total. The summed E-state index contributed by atoms with van der Waals surface area (Å²) in [4.78, 5) is 14.7. The standard InChI is InChI=1S/C14H15NOS/c1-10-4-5-13-11(8-10)14(16)12(9-17-13)15-6-2-3-7-15/h4-5,8-9H,2-3,6-7H2,1H3. The Morgan fingerprint density at radius 2 is 2.00 bits per heavy atom. The molecule has 0 aliphatic carbocycles. The van der Waals surface area contributed by atoms with Gasteiger partial charge in [-0.05, 0) is 31.9 Å². The van der Waals surface area contributed by atoms with Crippen LogP contribution in [0.2, 0.25) is 0 Å². The minimum atomic E-state index is 0.198. The van der Waals surface area contributed by atoms with Gasteiger partial charge in [-0.3, -0.25) is 4.79 Å². The first-order chi connectivity index (χ1) is 8.25. The SMILES string of the molecule is Cc1ccc2scc(N3CCCC3)c(=O)c2c1. The Bertz CT molecular complexity index is 611. The largest absolute Gasteiger partial charge is 0.368 e.